The van der Waals surface area contributed by atoms with Crippen molar-refractivity contribution in [3.05, 3.63) is 48.0 Å². The summed E-state index contributed by atoms with van der Waals surface area (Å²) in [5.74, 6) is 1.36. The fourth-order valence-corrected chi connectivity index (χ4v) is 5.29. The highest BCUT2D eigenvalue weighted by Crippen LogP contribution is 2.34. The Morgan fingerprint density at radius 1 is 0.765 bits per heavy atom. The molecule has 2 amide bonds. The third-order valence-electron chi connectivity index (χ3n) is 6.96. The summed E-state index contributed by atoms with van der Waals surface area (Å²) in [5.41, 5.74) is 5.31. The predicted molar refractivity (Wildman–Crippen MR) is 125 cm³/mol. The Labute approximate surface area is 194 Å². The maximum atomic E-state index is 11.5. The number of benzene rings is 2. The smallest absolute Gasteiger partial charge is 0.407 e. The van der Waals surface area contributed by atoms with Crippen molar-refractivity contribution >= 4 is 34.3 Å². The standard InChI is InChI=1S/C24H24N6O4/c31-23(32)29-9-1-3-19(29)21-25-15-7-5-13(11-17(15)27-21)14-6-8-16-18(12-14)28-22(26-16)20-4-2-10-30(20)24(33)34/h5-8,11-12,19-20H,1-4,9-10H2,(H,25,27)(H,26,28)(H,31,32)(H,33,34)/t19-,20-/m0/s1. The van der Waals surface area contributed by atoms with Crippen LogP contribution in [0.15, 0.2) is 36.4 Å². The first-order valence-corrected chi connectivity index (χ1v) is 11.5. The molecule has 10 heteroatoms. The maximum absolute atomic E-state index is 11.5. The number of nitrogens with one attached hydrogen (secondary N) is 2. The number of amides is 2. The molecule has 10 nitrogen and oxygen atoms in total. The maximum Gasteiger partial charge on any atom is 0.407 e. The number of aromatic nitrogens is 4. The summed E-state index contributed by atoms with van der Waals surface area (Å²) >= 11 is 0. The molecule has 0 bridgehead atoms. The Hall–Kier alpha value is -4.08. The Morgan fingerprint density at radius 2 is 1.21 bits per heavy atom. The lowest BCUT2D eigenvalue weighted by atomic mass is 10.0. The van der Waals surface area contributed by atoms with E-state index >= 15 is 0 Å². The highest BCUT2D eigenvalue weighted by atomic mass is 16.4. The van der Waals surface area contributed by atoms with Gasteiger partial charge in [0.2, 0.25) is 0 Å². The Balaban J connectivity index is 1.32. The minimum atomic E-state index is -0.917. The molecule has 2 aromatic heterocycles. The van der Waals surface area contributed by atoms with Crippen LogP contribution in [0, 0.1) is 0 Å². The number of rotatable bonds is 3. The van der Waals surface area contributed by atoms with Crippen LogP contribution in [-0.4, -0.2) is 65.2 Å². The average molecular weight is 460 g/mol. The van der Waals surface area contributed by atoms with Gasteiger partial charge in [0, 0.05) is 13.1 Å². The molecule has 4 N–H and O–H groups in total. The third-order valence-corrected chi connectivity index (χ3v) is 6.96. The van der Waals surface area contributed by atoms with Crippen LogP contribution in [0.1, 0.15) is 49.4 Å². The summed E-state index contributed by atoms with van der Waals surface area (Å²) in [4.78, 5) is 41.9. The molecule has 2 atom stereocenters. The van der Waals surface area contributed by atoms with Crippen LogP contribution in [0.5, 0.6) is 0 Å². The Bertz CT molecular complexity index is 1320. The van der Waals surface area contributed by atoms with Crippen molar-refractivity contribution in [3.63, 3.8) is 0 Å². The molecule has 174 valence electrons. The number of aromatic amines is 2. The van der Waals surface area contributed by atoms with Gasteiger partial charge in [0.25, 0.3) is 0 Å². The lowest BCUT2D eigenvalue weighted by Gasteiger charge is -2.19. The lowest BCUT2D eigenvalue weighted by Crippen LogP contribution is -2.29. The molecule has 6 rings (SSSR count). The zero-order valence-corrected chi connectivity index (χ0v) is 18.4. The van der Waals surface area contributed by atoms with Gasteiger partial charge in [0.05, 0.1) is 34.2 Å². The molecule has 2 aliphatic rings. The van der Waals surface area contributed by atoms with E-state index in [0.717, 1.165) is 58.9 Å². The molecule has 0 saturated carbocycles. The molecular weight excluding hydrogens is 436 g/mol. The SMILES string of the molecule is O=C(O)N1CCC[C@H]1c1nc2ccc(-c3ccc4nc([C@@H]5CCCN5C(=O)O)[nH]c4c3)cc2[nH]1. The van der Waals surface area contributed by atoms with E-state index in [2.05, 4.69) is 19.9 Å². The molecule has 2 fully saturated rings. The predicted octanol–water partition coefficient (Wildman–Crippen LogP) is 4.74. The monoisotopic (exact) mass is 460 g/mol. The number of hydrogen-bond donors (Lipinski definition) is 4. The van der Waals surface area contributed by atoms with E-state index in [1.54, 1.807) is 0 Å². The fourth-order valence-electron chi connectivity index (χ4n) is 5.29. The molecule has 0 unspecified atom stereocenters. The normalized spacial score (nSPS) is 20.6. The quantitative estimate of drug-likeness (QED) is 0.348. The zero-order chi connectivity index (χ0) is 23.4. The van der Waals surface area contributed by atoms with E-state index < -0.39 is 12.2 Å². The Kier molecular flexibility index (Phi) is 4.68. The minimum absolute atomic E-state index is 0.242. The van der Waals surface area contributed by atoms with Crippen LogP contribution in [0.25, 0.3) is 33.2 Å². The van der Waals surface area contributed by atoms with Crippen molar-refractivity contribution in [3.8, 4) is 11.1 Å². The summed E-state index contributed by atoms with van der Waals surface area (Å²) in [5, 5.41) is 18.9. The van der Waals surface area contributed by atoms with Crippen LogP contribution in [0.3, 0.4) is 0 Å². The summed E-state index contributed by atoms with van der Waals surface area (Å²) in [6, 6.07) is 11.4. The molecule has 2 aliphatic heterocycles. The second kappa shape index (κ2) is 7.75. The Morgan fingerprint density at radius 3 is 1.62 bits per heavy atom. The summed E-state index contributed by atoms with van der Waals surface area (Å²) in [6.45, 7) is 1.05. The highest BCUT2D eigenvalue weighted by Gasteiger charge is 2.33. The van der Waals surface area contributed by atoms with Gasteiger partial charge in [0.1, 0.15) is 11.6 Å². The number of nitrogens with zero attached hydrogens (tertiary/aromatic N) is 4. The van der Waals surface area contributed by atoms with Gasteiger partial charge in [0.15, 0.2) is 0 Å². The van der Waals surface area contributed by atoms with E-state index in [1.165, 1.54) is 9.80 Å². The molecule has 4 aromatic rings. The zero-order valence-electron chi connectivity index (χ0n) is 18.4. The first kappa shape index (κ1) is 20.5. The summed E-state index contributed by atoms with van der Waals surface area (Å²) in [6.07, 6.45) is 1.35. The van der Waals surface area contributed by atoms with Gasteiger partial charge in [-0.2, -0.15) is 0 Å². The largest absolute Gasteiger partial charge is 0.465 e. The summed E-state index contributed by atoms with van der Waals surface area (Å²) < 4.78 is 0. The molecule has 0 aliphatic carbocycles. The second-order valence-corrected chi connectivity index (χ2v) is 8.98. The van der Waals surface area contributed by atoms with Crippen LogP contribution in [-0.2, 0) is 0 Å². The first-order valence-electron chi connectivity index (χ1n) is 11.5. The van der Waals surface area contributed by atoms with Gasteiger partial charge in [-0.15, -0.1) is 0 Å². The first-order chi connectivity index (χ1) is 16.5. The van der Waals surface area contributed by atoms with Crippen molar-refractivity contribution in [1.29, 1.82) is 0 Å². The number of carboxylic acid groups (broad SMARTS) is 2. The molecule has 2 saturated heterocycles. The van der Waals surface area contributed by atoms with Gasteiger partial charge >= 0.3 is 12.2 Å². The van der Waals surface area contributed by atoms with Gasteiger partial charge in [-0.25, -0.2) is 19.6 Å². The topological polar surface area (TPSA) is 138 Å². The van der Waals surface area contributed by atoms with Gasteiger partial charge in [-0.1, -0.05) is 12.1 Å². The molecule has 0 radical (unpaired) electrons. The van der Waals surface area contributed by atoms with E-state index in [4.69, 9.17) is 0 Å². The number of likely N-dealkylation sites (tertiary alicyclic amines) is 2. The van der Waals surface area contributed by atoms with Crippen LogP contribution in [0.4, 0.5) is 9.59 Å². The van der Waals surface area contributed by atoms with Crippen molar-refractivity contribution in [2.75, 3.05) is 13.1 Å². The van der Waals surface area contributed by atoms with Crippen LogP contribution < -0.4 is 0 Å². The van der Waals surface area contributed by atoms with E-state index in [1.807, 2.05) is 36.4 Å². The number of hydrogen-bond acceptors (Lipinski definition) is 4. The average Bonchev–Trinajstić information content (AvgIpc) is 3.61. The van der Waals surface area contributed by atoms with Crippen molar-refractivity contribution in [2.45, 2.75) is 37.8 Å². The molecule has 4 heterocycles. The third kappa shape index (κ3) is 3.33. The lowest BCUT2D eigenvalue weighted by molar-refractivity contribution is 0.138. The van der Waals surface area contributed by atoms with Gasteiger partial charge in [-0.3, -0.25) is 9.80 Å². The van der Waals surface area contributed by atoms with Crippen molar-refractivity contribution in [1.82, 2.24) is 29.7 Å². The number of imidazole rings is 2. The van der Waals surface area contributed by atoms with Crippen molar-refractivity contribution < 1.29 is 19.8 Å². The van der Waals surface area contributed by atoms with Crippen LogP contribution >= 0.6 is 0 Å². The minimum Gasteiger partial charge on any atom is -0.465 e. The van der Waals surface area contributed by atoms with E-state index in [0.29, 0.717) is 24.7 Å². The summed E-state index contributed by atoms with van der Waals surface area (Å²) in [7, 11) is 0. The molecular formula is C24H24N6O4. The number of H-pyrrole nitrogens is 2. The van der Waals surface area contributed by atoms with Gasteiger partial charge < -0.3 is 20.2 Å². The second-order valence-electron chi connectivity index (χ2n) is 8.98. The van der Waals surface area contributed by atoms with Crippen molar-refractivity contribution in [2.24, 2.45) is 0 Å². The number of carbonyl (C=O) groups is 2. The number of fused-ring (bicyclic) bond motifs is 2. The highest BCUT2D eigenvalue weighted by molar-refractivity contribution is 5.86. The van der Waals surface area contributed by atoms with E-state index in [9.17, 15) is 19.8 Å². The molecule has 34 heavy (non-hydrogen) atoms. The van der Waals surface area contributed by atoms with Crippen LogP contribution in [0.2, 0.25) is 0 Å². The van der Waals surface area contributed by atoms with E-state index in [-0.39, 0.29) is 12.1 Å². The fraction of sp³-hybridized carbons (Fsp3) is 0.333. The molecule has 2 aromatic carbocycles. The van der Waals surface area contributed by atoms with Gasteiger partial charge in [-0.05, 0) is 61.1 Å². The molecule has 0 spiro atoms.